The number of anilines is 3. The molecule has 0 atom stereocenters. The Bertz CT molecular complexity index is 2820. The molecule has 8 aromatic carbocycles. The van der Waals surface area contributed by atoms with E-state index in [9.17, 15) is 0 Å². The maximum Gasteiger partial charge on any atom is 0.198 e. The van der Waals surface area contributed by atoms with Crippen molar-refractivity contribution in [3.05, 3.63) is 175 Å². The van der Waals surface area contributed by atoms with Crippen LogP contribution in [0.25, 0.3) is 43.7 Å². The number of rotatable bonds is 3. The summed E-state index contributed by atoms with van der Waals surface area (Å²) in [7, 11) is -0.920. The number of hydrogen-bond acceptors (Lipinski definition) is 1. The van der Waals surface area contributed by atoms with Gasteiger partial charge in [0.25, 0.3) is 0 Å². The van der Waals surface area contributed by atoms with Crippen LogP contribution < -0.4 is 15.8 Å². The van der Waals surface area contributed by atoms with Gasteiger partial charge in [0.05, 0.1) is 16.9 Å². The number of nitrogens with one attached hydrogen (secondary N) is 1. The lowest BCUT2D eigenvalue weighted by atomic mass is 9.58. The smallest absolute Gasteiger partial charge is 0.198 e. The van der Waals surface area contributed by atoms with Gasteiger partial charge in [-0.2, -0.15) is 0 Å². The van der Waals surface area contributed by atoms with Gasteiger partial charge in [-0.05, 0) is 94.9 Å². The number of para-hydroxylation sites is 3. The molecule has 0 fully saturated rings. The highest BCUT2D eigenvalue weighted by Crippen LogP contribution is 2.79. The lowest BCUT2D eigenvalue weighted by Crippen LogP contribution is -2.43. The van der Waals surface area contributed by atoms with Gasteiger partial charge in [-0.15, -0.1) is 10.0 Å². The SMILES string of the molecule is Cc1cc(-c2cccc3c2[nH]c2cc4ccccc4cc23)c2c(c1)N1c3ccccc3S(c3ccccc3)(c3ccccc3)c3cccc(c31)B2. The van der Waals surface area contributed by atoms with E-state index >= 15 is 0 Å². The fourth-order valence-corrected chi connectivity index (χ4v) is 13.2. The summed E-state index contributed by atoms with van der Waals surface area (Å²) in [4.78, 5) is 12.0. The molecule has 2 nitrogen and oxygen atoms in total. The minimum absolute atomic E-state index is 0.867. The molecule has 1 aromatic heterocycles. The molecular weight excluding hydrogens is 635 g/mol. The fourth-order valence-electron chi connectivity index (χ4n) is 8.94. The van der Waals surface area contributed by atoms with E-state index in [4.69, 9.17) is 0 Å². The number of H-pyrrole nitrogens is 1. The quantitative estimate of drug-likeness (QED) is 0.186. The zero-order chi connectivity index (χ0) is 33.7. The summed E-state index contributed by atoms with van der Waals surface area (Å²) in [5, 5.41) is 5.06. The number of hydrogen-bond donors (Lipinski definition) is 1. The van der Waals surface area contributed by atoms with Crippen molar-refractivity contribution in [3.63, 3.8) is 0 Å². The van der Waals surface area contributed by atoms with Crippen LogP contribution in [0.1, 0.15) is 5.56 Å². The van der Waals surface area contributed by atoms with Crippen molar-refractivity contribution in [1.29, 1.82) is 0 Å². The second-order valence-corrected chi connectivity index (χ2v) is 16.9. The third kappa shape index (κ3) is 3.97. The molecule has 9 aromatic rings. The van der Waals surface area contributed by atoms with Crippen LogP contribution >= 0.6 is 10.0 Å². The summed E-state index contributed by atoms with van der Waals surface area (Å²) in [5.74, 6) is 0. The zero-order valence-corrected chi connectivity index (χ0v) is 29.0. The number of fused-ring (bicyclic) bond motifs is 8. The lowest BCUT2D eigenvalue weighted by Gasteiger charge is -2.52. The van der Waals surface area contributed by atoms with Crippen LogP contribution in [-0.4, -0.2) is 12.3 Å². The lowest BCUT2D eigenvalue weighted by molar-refractivity contribution is 1.12. The number of aromatic nitrogens is 1. The second kappa shape index (κ2) is 10.8. The van der Waals surface area contributed by atoms with Gasteiger partial charge in [0.2, 0.25) is 0 Å². The minimum atomic E-state index is -1.79. The molecule has 240 valence electrons. The van der Waals surface area contributed by atoms with Crippen molar-refractivity contribution in [1.82, 2.24) is 4.98 Å². The van der Waals surface area contributed by atoms with Gasteiger partial charge in [0.15, 0.2) is 7.28 Å². The van der Waals surface area contributed by atoms with E-state index < -0.39 is 10.0 Å². The second-order valence-electron chi connectivity index (χ2n) is 13.9. The largest absolute Gasteiger partial charge is 0.354 e. The molecule has 1 N–H and O–H groups in total. The Labute approximate surface area is 299 Å². The Kier molecular flexibility index (Phi) is 6.09. The van der Waals surface area contributed by atoms with E-state index in [1.54, 1.807) is 0 Å². The average molecular weight is 669 g/mol. The number of benzene rings is 8. The summed E-state index contributed by atoms with van der Waals surface area (Å²) in [5.41, 5.74) is 12.8. The molecule has 3 heterocycles. The molecule has 0 bridgehead atoms. The van der Waals surface area contributed by atoms with E-state index in [0.717, 1.165) is 7.28 Å². The molecule has 0 aliphatic carbocycles. The van der Waals surface area contributed by atoms with Gasteiger partial charge < -0.3 is 9.88 Å². The molecule has 2 aliphatic rings. The molecule has 51 heavy (non-hydrogen) atoms. The first-order valence-corrected chi connectivity index (χ1v) is 19.4. The summed E-state index contributed by atoms with van der Waals surface area (Å²) in [6.07, 6.45) is 0. The number of aromatic amines is 1. The molecule has 0 amide bonds. The van der Waals surface area contributed by atoms with Crippen molar-refractivity contribution in [2.24, 2.45) is 0 Å². The summed E-state index contributed by atoms with van der Waals surface area (Å²) < 4.78 is 0. The van der Waals surface area contributed by atoms with Crippen molar-refractivity contribution >= 4 is 77.9 Å². The standard InChI is InChI=1S/C47H33BN2S/c1-30-26-38(36-21-12-20-35-37-28-31-14-8-9-15-32(31)29-40(37)49-46(35)36)45-42(27-30)50-41-23-10-11-24-43(41)51(33-16-4-2-5-17-33,34-18-6-3-7-19-34)44-25-13-22-39(48-45)47(44)50/h2-29,48-49H,1H3. The van der Waals surface area contributed by atoms with E-state index in [0.29, 0.717) is 0 Å². The predicted molar refractivity (Wildman–Crippen MR) is 218 cm³/mol. The first-order chi connectivity index (χ1) is 25.2. The Hall–Kier alpha value is -5.97. The van der Waals surface area contributed by atoms with Gasteiger partial charge in [-0.25, -0.2) is 0 Å². The van der Waals surface area contributed by atoms with Gasteiger partial charge in [0, 0.05) is 47.1 Å². The van der Waals surface area contributed by atoms with Gasteiger partial charge in [0.1, 0.15) is 0 Å². The van der Waals surface area contributed by atoms with Crippen LogP contribution in [0.4, 0.5) is 17.1 Å². The van der Waals surface area contributed by atoms with E-state index in [1.165, 1.54) is 96.8 Å². The van der Waals surface area contributed by atoms with Crippen molar-refractivity contribution in [3.8, 4) is 11.1 Å². The van der Waals surface area contributed by atoms with Gasteiger partial charge >= 0.3 is 0 Å². The monoisotopic (exact) mass is 668 g/mol. The van der Waals surface area contributed by atoms with Gasteiger partial charge in [-0.3, -0.25) is 0 Å². The third-order valence-corrected chi connectivity index (χ3v) is 15.0. The van der Waals surface area contributed by atoms with E-state index in [2.05, 4.69) is 187 Å². The molecule has 0 saturated heterocycles. The van der Waals surface area contributed by atoms with Crippen LogP contribution in [0.3, 0.4) is 0 Å². The Morgan fingerprint density at radius 3 is 1.98 bits per heavy atom. The molecular formula is C47H33BN2S. The Morgan fingerprint density at radius 1 is 0.529 bits per heavy atom. The molecule has 2 aliphatic heterocycles. The Morgan fingerprint density at radius 2 is 1.20 bits per heavy atom. The highest BCUT2D eigenvalue weighted by molar-refractivity contribution is 8.34. The molecule has 0 radical (unpaired) electrons. The van der Waals surface area contributed by atoms with E-state index in [1.807, 2.05) is 0 Å². The maximum atomic E-state index is 3.88. The molecule has 0 saturated carbocycles. The van der Waals surface area contributed by atoms with E-state index in [-0.39, 0.29) is 0 Å². The van der Waals surface area contributed by atoms with Crippen molar-refractivity contribution in [2.75, 3.05) is 4.90 Å². The van der Waals surface area contributed by atoms with Gasteiger partial charge in [-0.1, -0.05) is 115 Å². The van der Waals surface area contributed by atoms with Crippen molar-refractivity contribution < 1.29 is 0 Å². The zero-order valence-electron chi connectivity index (χ0n) is 28.2. The number of nitrogens with zero attached hydrogens (tertiary/aromatic N) is 1. The first kappa shape index (κ1) is 28.8. The summed E-state index contributed by atoms with van der Waals surface area (Å²) >= 11 is 0. The number of aryl methyl sites for hydroxylation is 1. The summed E-state index contributed by atoms with van der Waals surface area (Å²) in [6, 6.07) is 63.7. The molecule has 4 heteroatoms. The third-order valence-electron chi connectivity index (χ3n) is 11.0. The van der Waals surface area contributed by atoms with Crippen molar-refractivity contribution in [2.45, 2.75) is 26.5 Å². The average Bonchev–Trinajstić information content (AvgIpc) is 3.55. The van der Waals surface area contributed by atoms with Crippen LogP contribution in [0.5, 0.6) is 0 Å². The molecule has 11 rings (SSSR count). The minimum Gasteiger partial charge on any atom is -0.354 e. The topological polar surface area (TPSA) is 19.0 Å². The summed E-state index contributed by atoms with van der Waals surface area (Å²) in [6.45, 7) is 2.25. The first-order valence-electron chi connectivity index (χ1n) is 17.7. The predicted octanol–water partition coefficient (Wildman–Crippen LogP) is 11.3. The van der Waals surface area contributed by atoms with Crippen LogP contribution in [0.2, 0.25) is 0 Å². The molecule has 0 unspecified atom stereocenters. The highest BCUT2D eigenvalue weighted by Gasteiger charge is 2.45. The molecule has 0 spiro atoms. The van der Waals surface area contributed by atoms with Crippen LogP contribution in [0.15, 0.2) is 189 Å². The van der Waals surface area contributed by atoms with Crippen LogP contribution in [-0.2, 0) is 0 Å². The fraction of sp³-hybridized carbons (Fsp3) is 0.0213. The normalized spacial score (nSPS) is 14.5. The highest BCUT2D eigenvalue weighted by atomic mass is 32.3. The maximum absolute atomic E-state index is 3.88. The van der Waals surface area contributed by atoms with Crippen LogP contribution in [0, 0.1) is 6.92 Å². The Balaban J connectivity index is 1.20.